The third-order valence-electron chi connectivity index (χ3n) is 10.6. The van der Waals surface area contributed by atoms with E-state index in [-0.39, 0.29) is 11.6 Å². The van der Waals surface area contributed by atoms with Gasteiger partial charge in [0.2, 0.25) is 0 Å². The van der Waals surface area contributed by atoms with E-state index in [9.17, 15) is 9.59 Å². The number of nitrogens with zero attached hydrogens (tertiary/aromatic N) is 4. The first-order chi connectivity index (χ1) is 31.2. The molecule has 0 N–H and O–H groups in total. The zero-order valence-electron chi connectivity index (χ0n) is 36.7. The molecule has 0 bridgehead atoms. The van der Waals surface area contributed by atoms with Crippen molar-refractivity contribution >= 4 is 69.2 Å². The second-order valence-corrected chi connectivity index (χ2v) is 15.5. The van der Waals surface area contributed by atoms with Crippen molar-refractivity contribution in [2.45, 2.75) is 0 Å². The van der Waals surface area contributed by atoms with Crippen LogP contribution in [0.1, 0.15) is 31.8 Å². The van der Waals surface area contributed by atoms with Gasteiger partial charge in [-0.3, -0.25) is 9.59 Å². The molecule has 0 saturated heterocycles. The van der Waals surface area contributed by atoms with Gasteiger partial charge in [0.1, 0.15) is 0 Å². The fourth-order valence-corrected chi connectivity index (χ4v) is 7.06. The fraction of sp³-hybridized carbons (Fsp3) is 0.0690. The highest BCUT2D eigenvalue weighted by Gasteiger charge is 2.14. The van der Waals surface area contributed by atoms with E-state index in [4.69, 9.17) is 0 Å². The predicted molar refractivity (Wildman–Crippen MR) is 271 cm³/mol. The van der Waals surface area contributed by atoms with Crippen molar-refractivity contribution < 1.29 is 9.59 Å². The lowest BCUT2D eigenvalue weighted by Crippen LogP contribution is -2.09. The molecule has 6 heteroatoms. The Morgan fingerprint density at radius 1 is 0.297 bits per heavy atom. The van der Waals surface area contributed by atoms with Crippen LogP contribution < -0.4 is 19.6 Å². The van der Waals surface area contributed by atoms with Crippen LogP contribution in [0.5, 0.6) is 0 Å². The Bertz CT molecular complexity index is 2670. The molecule has 0 heterocycles. The van der Waals surface area contributed by atoms with Crippen LogP contribution in [0.2, 0.25) is 0 Å². The van der Waals surface area contributed by atoms with Crippen molar-refractivity contribution in [3.05, 3.63) is 253 Å². The maximum Gasteiger partial charge on any atom is 0.185 e. The van der Waals surface area contributed by atoms with E-state index in [1.54, 1.807) is 12.2 Å². The van der Waals surface area contributed by atoms with Gasteiger partial charge in [0, 0.05) is 84.8 Å². The smallest absolute Gasteiger partial charge is 0.185 e. The average molecular weight is 837 g/mol. The zero-order valence-corrected chi connectivity index (χ0v) is 36.7. The normalized spacial score (nSPS) is 10.8. The predicted octanol–water partition coefficient (Wildman–Crippen LogP) is 14.2. The summed E-state index contributed by atoms with van der Waals surface area (Å²) in [6, 6.07) is 72.8. The number of rotatable bonds is 14. The number of allylic oxidation sites excluding steroid dienone is 2. The summed E-state index contributed by atoms with van der Waals surface area (Å²) in [7, 11) is 7.98. The van der Waals surface area contributed by atoms with Gasteiger partial charge in [0.15, 0.2) is 11.6 Å². The second kappa shape index (κ2) is 21.5. The highest BCUT2D eigenvalue weighted by molar-refractivity contribution is 6.07. The third kappa shape index (κ3) is 11.6. The number of ketones is 2. The standard InChI is InChI=1S/2C29H26N2O/c1-30(2)25-20-16-24(17-21-25)29(32)22-15-23-13-18-28(19-14-23)31(26-9-5-3-6-10-26)27-11-7-4-8-12-27;1-30(2)25-18-13-23(14-19-25)15-22-29(32)24-16-20-28(21-17-24)31(26-9-5-3-6-10-26)27-11-7-4-8-12-27/h2*3-22H,1-2H3. The van der Waals surface area contributed by atoms with Crippen molar-refractivity contribution in [1.82, 2.24) is 0 Å². The average Bonchev–Trinajstić information content (AvgIpc) is 3.35. The lowest BCUT2D eigenvalue weighted by molar-refractivity contribution is 0.103. The van der Waals surface area contributed by atoms with Crippen LogP contribution in [-0.4, -0.2) is 39.8 Å². The van der Waals surface area contributed by atoms with Crippen LogP contribution >= 0.6 is 0 Å². The molecule has 316 valence electrons. The zero-order chi connectivity index (χ0) is 44.7. The summed E-state index contributed by atoms with van der Waals surface area (Å²) in [5.74, 6) is -0.0196. The van der Waals surface area contributed by atoms with Gasteiger partial charge in [-0.1, -0.05) is 109 Å². The van der Waals surface area contributed by atoms with Crippen LogP contribution in [0.3, 0.4) is 0 Å². The van der Waals surface area contributed by atoms with E-state index >= 15 is 0 Å². The summed E-state index contributed by atoms with van der Waals surface area (Å²) in [4.78, 5) is 33.7. The lowest BCUT2D eigenvalue weighted by Gasteiger charge is -2.25. The van der Waals surface area contributed by atoms with Crippen LogP contribution in [0.15, 0.2) is 231 Å². The van der Waals surface area contributed by atoms with Gasteiger partial charge in [-0.15, -0.1) is 0 Å². The van der Waals surface area contributed by atoms with E-state index in [0.717, 1.165) is 56.6 Å². The Hall–Kier alpha value is -8.22. The van der Waals surface area contributed by atoms with Gasteiger partial charge in [-0.2, -0.15) is 0 Å². The van der Waals surface area contributed by atoms with Crippen LogP contribution in [0.25, 0.3) is 12.2 Å². The Morgan fingerprint density at radius 3 is 0.812 bits per heavy atom. The van der Waals surface area contributed by atoms with Crippen molar-refractivity contribution in [2.24, 2.45) is 0 Å². The minimum absolute atomic E-state index is 0.00502. The largest absolute Gasteiger partial charge is 0.378 e. The van der Waals surface area contributed by atoms with Crippen LogP contribution in [-0.2, 0) is 0 Å². The molecular weight excluding hydrogens is 785 g/mol. The summed E-state index contributed by atoms with van der Waals surface area (Å²) in [5, 5.41) is 0. The van der Waals surface area contributed by atoms with E-state index in [1.165, 1.54) is 0 Å². The number of carbonyl (C=O) groups is 2. The Balaban J connectivity index is 0.000000191. The number of hydrogen-bond acceptors (Lipinski definition) is 6. The van der Waals surface area contributed by atoms with Gasteiger partial charge in [-0.05, 0) is 145 Å². The van der Waals surface area contributed by atoms with E-state index in [2.05, 4.69) is 70.5 Å². The van der Waals surface area contributed by atoms with Gasteiger partial charge >= 0.3 is 0 Å². The summed E-state index contributed by atoms with van der Waals surface area (Å²) in [6.45, 7) is 0. The maximum atomic E-state index is 12.7. The van der Waals surface area contributed by atoms with E-state index in [0.29, 0.717) is 11.1 Å². The maximum absolute atomic E-state index is 12.7. The molecule has 8 rings (SSSR count). The highest BCUT2D eigenvalue weighted by Crippen LogP contribution is 2.35. The molecule has 0 amide bonds. The fourth-order valence-electron chi connectivity index (χ4n) is 7.06. The van der Waals surface area contributed by atoms with Crippen LogP contribution in [0.4, 0.5) is 45.5 Å². The van der Waals surface area contributed by atoms with E-state index < -0.39 is 0 Å². The summed E-state index contributed by atoms with van der Waals surface area (Å²) < 4.78 is 0. The number of para-hydroxylation sites is 4. The monoisotopic (exact) mass is 836 g/mol. The molecule has 0 saturated carbocycles. The topological polar surface area (TPSA) is 47.1 Å². The molecule has 8 aromatic carbocycles. The highest BCUT2D eigenvalue weighted by atomic mass is 16.1. The first-order valence-electron chi connectivity index (χ1n) is 21.2. The minimum atomic E-state index is -0.0146. The van der Waals surface area contributed by atoms with Crippen molar-refractivity contribution in [3.8, 4) is 0 Å². The first-order valence-corrected chi connectivity index (χ1v) is 21.2. The third-order valence-corrected chi connectivity index (χ3v) is 10.6. The quantitative estimate of drug-likeness (QED) is 0.0803. The molecule has 0 unspecified atom stereocenters. The molecule has 0 aromatic heterocycles. The molecule has 0 aliphatic carbocycles. The molecule has 0 radical (unpaired) electrons. The summed E-state index contributed by atoms with van der Waals surface area (Å²) in [5.41, 5.74) is 11.9. The molecule has 8 aromatic rings. The SMILES string of the molecule is CN(C)c1ccc(C(=O)C=Cc2ccc(N(c3ccccc3)c3ccccc3)cc2)cc1.CN(C)c1ccc(C=CC(=O)c2ccc(N(c3ccccc3)c3ccccc3)cc2)cc1. The molecule has 0 aliphatic rings. The Labute approximate surface area is 377 Å². The Morgan fingerprint density at radius 2 is 0.531 bits per heavy atom. The number of carbonyl (C=O) groups excluding carboxylic acids is 2. The lowest BCUT2D eigenvalue weighted by atomic mass is 10.1. The van der Waals surface area contributed by atoms with Gasteiger partial charge < -0.3 is 19.6 Å². The number of anilines is 8. The molecule has 0 atom stereocenters. The molecule has 0 spiro atoms. The number of benzene rings is 8. The number of hydrogen-bond donors (Lipinski definition) is 0. The summed E-state index contributed by atoms with van der Waals surface area (Å²) in [6.07, 6.45) is 6.98. The van der Waals surface area contributed by atoms with Crippen molar-refractivity contribution in [3.63, 3.8) is 0 Å². The molecule has 0 fully saturated rings. The molecule has 0 aliphatic heterocycles. The molecular formula is C58H52N4O2. The van der Waals surface area contributed by atoms with Crippen LogP contribution in [0, 0.1) is 0 Å². The molecule has 6 nitrogen and oxygen atoms in total. The second-order valence-electron chi connectivity index (χ2n) is 15.5. The van der Waals surface area contributed by atoms with E-state index in [1.807, 2.05) is 208 Å². The van der Waals surface area contributed by atoms with Gasteiger partial charge in [-0.25, -0.2) is 0 Å². The summed E-state index contributed by atoms with van der Waals surface area (Å²) >= 11 is 0. The van der Waals surface area contributed by atoms with Crippen molar-refractivity contribution in [1.29, 1.82) is 0 Å². The first kappa shape index (κ1) is 43.9. The molecule has 64 heavy (non-hydrogen) atoms. The van der Waals surface area contributed by atoms with Gasteiger partial charge in [0.05, 0.1) is 0 Å². The Kier molecular flexibility index (Phi) is 14.8. The van der Waals surface area contributed by atoms with Crippen molar-refractivity contribution in [2.75, 3.05) is 47.8 Å². The van der Waals surface area contributed by atoms with Gasteiger partial charge in [0.25, 0.3) is 0 Å². The minimum Gasteiger partial charge on any atom is -0.378 e.